The number of para-hydroxylation sites is 1. The molecule has 0 saturated carbocycles. The van der Waals surface area contributed by atoms with Crippen molar-refractivity contribution in [2.45, 2.75) is 18.6 Å². The van der Waals surface area contributed by atoms with Gasteiger partial charge in [-0.2, -0.15) is 11.8 Å². The largest absolute Gasteiger partial charge is 0.351 e. The van der Waals surface area contributed by atoms with E-state index < -0.39 is 0 Å². The van der Waals surface area contributed by atoms with Crippen LogP contribution in [0.5, 0.6) is 0 Å². The molecule has 1 amide bonds. The number of rotatable bonds is 1. The summed E-state index contributed by atoms with van der Waals surface area (Å²) in [5.41, 5.74) is 1.72. The lowest BCUT2D eigenvalue weighted by Gasteiger charge is -2.37. The molecule has 3 rings (SSSR count). The Balaban J connectivity index is 1.87. The average Bonchev–Trinajstić information content (AvgIpc) is 2.80. The van der Waals surface area contributed by atoms with Crippen molar-refractivity contribution in [1.29, 1.82) is 0 Å². The van der Waals surface area contributed by atoms with Gasteiger partial charge in [0.25, 0.3) is 5.91 Å². The zero-order chi connectivity index (χ0) is 13.5. The molecule has 4 heteroatoms. The first-order valence-electron chi connectivity index (χ1n) is 6.56. The van der Waals surface area contributed by atoms with E-state index in [1.54, 1.807) is 0 Å². The van der Waals surface area contributed by atoms with Crippen molar-refractivity contribution in [3.8, 4) is 0 Å². The SMILES string of the molecule is CC1(C)CN(C(=O)c2cc3ccccc3[nH]2)CCS1. The summed E-state index contributed by atoms with van der Waals surface area (Å²) in [5.74, 6) is 1.13. The van der Waals surface area contributed by atoms with Crippen LogP contribution in [0.2, 0.25) is 0 Å². The smallest absolute Gasteiger partial charge is 0.270 e. The zero-order valence-electron chi connectivity index (χ0n) is 11.3. The Morgan fingerprint density at radius 2 is 2.16 bits per heavy atom. The molecule has 19 heavy (non-hydrogen) atoms. The number of nitrogens with one attached hydrogen (secondary N) is 1. The summed E-state index contributed by atoms with van der Waals surface area (Å²) < 4.78 is 0.153. The molecule has 1 N–H and O–H groups in total. The van der Waals surface area contributed by atoms with Gasteiger partial charge in [-0.1, -0.05) is 18.2 Å². The number of carbonyl (C=O) groups is 1. The van der Waals surface area contributed by atoms with E-state index in [0.717, 1.165) is 29.7 Å². The van der Waals surface area contributed by atoms with Gasteiger partial charge in [-0.15, -0.1) is 0 Å². The van der Waals surface area contributed by atoms with Crippen molar-refractivity contribution in [2.75, 3.05) is 18.8 Å². The van der Waals surface area contributed by atoms with Gasteiger partial charge in [0.05, 0.1) is 0 Å². The van der Waals surface area contributed by atoms with E-state index in [9.17, 15) is 4.79 Å². The normalized spacial score (nSPS) is 18.7. The third-order valence-electron chi connectivity index (χ3n) is 3.47. The van der Waals surface area contributed by atoms with Gasteiger partial charge < -0.3 is 9.88 Å². The molecule has 0 unspecified atom stereocenters. The summed E-state index contributed by atoms with van der Waals surface area (Å²) in [4.78, 5) is 17.7. The van der Waals surface area contributed by atoms with Crippen LogP contribution in [0.3, 0.4) is 0 Å². The van der Waals surface area contributed by atoms with E-state index in [-0.39, 0.29) is 10.7 Å². The second kappa shape index (κ2) is 4.60. The maximum Gasteiger partial charge on any atom is 0.270 e. The highest BCUT2D eigenvalue weighted by Gasteiger charge is 2.30. The summed E-state index contributed by atoms with van der Waals surface area (Å²) in [6.07, 6.45) is 0. The van der Waals surface area contributed by atoms with Gasteiger partial charge in [-0.05, 0) is 26.0 Å². The van der Waals surface area contributed by atoms with Gasteiger partial charge in [-0.3, -0.25) is 4.79 Å². The molecular formula is C15H18N2OS. The molecule has 2 aromatic rings. The Kier molecular flexibility index (Phi) is 3.05. The lowest BCUT2D eigenvalue weighted by Crippen LogP contribution is -2.46. The van der Waals surface area contributed by atoms with E-state index in [0.29, 0.717) is 5.69 Å². The van der Waals surface area contributed by atoms with Crippen LogP contribution < -0.4 is 0 Å². The fraction of sp³-hybridized carbons (Fsp3) is 0.400. The van der Waals surface area contributed by atoms with E-state index in [1.807, 2.05) is 47.0 Å². The number of hydrogen-bond acceptors (Lipinski definition) is 2. The lowest BCUT2D eigenvalue weighted by atomic mass is 10.1. The molecule has 1 aromatic carbocycles. The standard InChI is InChI=1S/C15H18N2OS/c1-15(2)10-17(7-8-19-15)14(18)13-9-11-5-3-4-6-12(11)16-13/h3-6,9,16H,7-8,10H2,1-2H3. The molecule has 3 nitrogen and oxygen atoms in total. The first-order valence-corrected chi connectivity index (χ1v) is 7.55. The molecule has 1 aliphatic rings. The Morgan fingerprint density at radius 1 is 1.37 bits per heavy atom. The summed E-state index contributed by atoms with van der Waals surface area (Å²) in [6, 6.07) is 9.95. The van der Waals surface area contributed by atoms with Crippen LogP contribution in [0.4, 0.5) is 0 Å². The van der Waals surface area contributed by atoms with E-state index in [2.05, 4.69) is 18.8 Å². The molecule has 1 aliphatic heterocycles. The molecule has 0 bridgehead atoms. The number of aromatic amines is 1. The van der Waals surface area contributed by atoms with Gasteiger partial charge >= 0.3 is 0 Å². The number of aromatic nitrogens is 1. The van der Waals surface area contributed by atoms with Crippen LogP contribution in [0.25, 0.3) is 10.9 Å². The first-order chi connectivity index (χ1) is 9.05. The van der Waals surface area contributed by atoms with Crippen molar-refractivity contribution in [1.82, 2.24) is 9.88 Å². The number of H-pyrrole nitrogens is 1. The highest BCUT2D eigenvalue weighted by Crippen LogP contribution is 2.30. The number of fused-ring (bicyclic) bond motifs is 1. The first kappa shape index (κ1) is 12.6. The van der Waals surface area contributed by atoms with Gasteiger partial charge in [0, 0.05) is 34.5 Å². The number of benzene rings is 1. The molecule has 100 valence electrons. The zero-order valence-corrected chi connectivity index (χ0v) is 12.1. The topological polar surface area (TPSA) is 36.1 Å². The predicted molar refractivity (Wildman–Crippen MR) is 80.7 cm³/mol. The van der Waals surface area contributed by atoms with Crippen LogP contribution in [0.15, 0.2) is 30.3 Å². The van der Waals surface area contributed by atoms with Gasteiger partial charge in [0.15, 0.2) is 0 Å². The second-order valence-corrected chi connectivity index (χ2v) is 7.41. The fourth-order valence-corrected chi connectivity index (χ4v) is 3.66. The van der Waals surface area contributed by atoms with Crippen molar-refractivity contribution < 1.29 is 4.79 Å². The third kappa shape index (κ3) is 2.50. The van der Waals surface area contributed by atoms with Crippen LogP contribution in [0.1, 0.15) is 24.3 Å². The molecule has 0 spiro atoms. The summed E-state index contributed by atoms with van der Waals surface area (Å²) in [6.45, 7) is 6.04. The van der Waals surface area contributed by atoms with Crippen LogP contribution >= 0.6 is 11.8 Å². The number of nitrogens with zero attached hydrogens (tertiary/aromatic N) is 1. The van der Waals surface area contributed by atoms with Crippen LogP contribution in [-0.4, -0.2) is 39.4 Å². The highest BCUT2D eigenvalue weighted by atomic mass is 32.2. The monoisotopic (exact) mass is 274 g/mol. The average molecular weight is 274 g/mol. The molecule has 0 aliphatic carbocycles. The Hall–Kier alpha value is -1.42. The quantitative estimate of drug-likeness (QED) is 0.867. The Labute approximate surface area is 117 Å². The van der Waals surface area contributed by atoms with Gasteiger partial charge in [0.1, 0.15) is 5.69 Å². The fourth-order valence-electron chi connectivity index (χ4n) is 2.55. The van der Waals surface area contributed by atoms with Crippen LogP contribution in [-0.2, 0) is 0 Å². The summed E-state index contributed by atoms with van der Waals surface area (Å²) in [7, 11) is 0. The number of thioether (sulfide) groups is 1. The third-order valence-corrected chi connectivity index (χ3v) is 4.77. The van der Waals surface area contributed by atoms with Crippen LogP contribution in [0, 0.1) is 0 Å². The summed E-state index contributed by atoms with van der Waals surface area (Å²) >= 11 is 1.94. The van der Waals surface area contributed by atoms with Crippen molar-refractivity contribution in [3.63, 3.8) is 0 Å². The summed E-state index contributed by atoms with van der Waals surface area (Å²) in [5, 5.41) is 1.09. The van der Waals surface area contributed by atoms with Gasteiger partial charge in [0.2, 0.25) is 0 Å². The molecule has 0 atom stereocenters. The minimum Gasteiger partial charge on any atom is -0.351 e. The van der Waals surface area contributed by atoms with E-state index in [4.69, 9.17) is 0 Å². The number of carbonyl (C=O) groups excluding carboxylic acids is 1. The Morgan fingerprint density at radius 3 is 2.89 bits per heavy atom. The predicted octanol–water partition coefficient (Wildman–Crippen LogP) is 3.14. The number of hydrogen-bond donors (Lipinski definition) is 1. The second-order valence-electron chi connectivity index (χ2n) is 5.61. The maximum atomic E-state index is 12.5. The molecule has 1 saturated heterocycles. The minimum atomic E-state index is 0.115. The van der Waals surface area contributed by atoms with Crippen molar-refractivity contribution >= 4 is 28.6 Å². The lowest BCUT2D eigenvalue weighted by molar-refractivity contribution is 0.0743. The van der Waals surface area contributed by atoms with E-state index >= 15 is 0 Å². The molecule has 1 fully saturated rings. The highest BCUT2D eigenvalue weighted by molar-refractivity contribution is 8.00. The molecule has 2 heterocycles. The molecule has 0 radical (unpaired) electrons. The van der Waals surface area contributed by atoms with Crippen molar-refractivity contribution in [3.05, 3.63) is 36.0 Å². The van der Waals surface area contributed by atoms with E-state index in [1.165, 1.54) is 0 Å². The molecule has 1 aromatic heterocycles. The van der Waals surface area contributed by atoms with Crippen molar-refractivity contribution in [2.24, 2.45) is 0 Å². The van der Waals surface area contributed by atoms with Gasteiger partial charge in [-0.25, -0.2) is 0 Å². The molecular weight excluding hydrogens is 256 g/mol. The Bertz CT molecular complexity index is 584. The maximum absolute atomic E-state index is 12.5. The minimum absolute atomic E-state index is 0.115. The number of amides is 1.